The smallest absolute Gasteiger partial charge is 0.127 e. The minimum absolute atomic E-state index is 0.366. The normalized spacial score (nSPS) is 14.0. The van der Waals surface area contributed by atoms with Crippen molar-refractivity contribution in [3.8, 4) is 39.5 Å². The van der Waals surface area contributed by atoms with E-state index in [1.165, 1.54) is 37.6 Å². The van der Waals surface area contributed by atoms with Crippen molar-refractivity contribution >= 4 is 21.8 Å². The SMILES string of the molecule is COc1cc(F)cc(-c2cncc3[nH]c(-c4n[nH]c5cnc(-c6cncc(CN7CCCC7)c6)cc45)cc23)c1. The average molecular weight is 520 g/mol. The van der Waals surface area contributed by atoms with E-state index in [9.17, 15) is 4.39 Å². The number of fused-ring (bicyclic) bond motifs is 2. The van der Waals surface area contributed by atoms with Crippen LogP contribution in [0.25, 0.3) is 55.6 Å². The Balaban J connectivity index is 1.28. The van der Waals surface area contributed by atoms with Crippen molar-refractivity contribution in [3.05, 3.63) is 78.8 Å². The maximum atomic E-state index is 14.3. The molecule has 0 spiro atoms. The number of likely N-dealkylation sites (tertiary alicyclic amines) is 1. The number of benzene rings is 1. The minimum Gasteiger partial charge on any atom is -0.497 e. The van der Waals surface area contributed by atoms with Gasteiger partial charge in [0.25, 0.3) is 0 Å². The Morgan fingerprint density at radius 2 is 1.74 bits per heavy atom. The van der Waals surface area contributed by atoms with Gasteiger partial charge in [0.15, 0.2) is 0 Å². The molecule has 6 heterocycles. The highest BCUT2D eigenvalue weighted by Crippen LogP contribution is 2.35. The summed E-state index contributed by atoms with van der Waals surface area (Å²) in [6, 6.07) is 10.9. The van der Waals surface area contributed by atoms with Crippen molar-refractivity contribution in [1.29, 1.82) is 0 Å². The number of hydrogen-bond acceptors (Lipinski definition) is 6. The molecule has 39 heavy (non-hydrogen) atoms. The summed E-state index contributed by atoms with van der Waals surface area (Å²) >= 11 is 0. The van der Waals surface area contributed by atoms with Gasteiger partial charge in [0, 0.05) is 53.1 Å². The fraction of sp³-hybridized carbons (Fsp3) is 0.200. The first-order chi connectivity index (χ1) is 19.1. The highest BCUT2D eigenvalue weighted by Gasteiger charge is 2.17. The number of hydrogen-bond donors (Lipinski definition) is 2. The van der Waals surface area contributed by atoms with Crippen LogP contribution in [0.4, 0.5) is 4.39 Å². The Hall–Kier alpha value is -4.63. The molecule has 0 saturated carbocycles. The summed E-state index contributed by atoms with van der Waals surface area (Å²) in [6.45, 7) is 3.19. The molecule has 0 atom stereocenters. The van der Waals surface area contributed by atoms with Gasteiger partial charge < -0.3 is 9.72 Å². The van der Waals surface area contributed by atoms with Gasteiger partial charge in [-0.05, 0) is 67.4 Å². The predicted octanol–water partition coefficient (Wildman–Crippen LogP) is 5.97. The molecule has 2 N–H and O–H groups in total. The summed E-state index contributed by atoms with van der Waals surface area (Å²) in [4.78, 5) is 19.5. The lowest BCUT2D eigenvalue weighted by Gasteiger charge is -2.14. The quantitative estimate of drug-likeness (QED) is 0.281. The Labute approximate surface area is 223 Å². The number of nitrogens with one attached hydrogen (secondary N) is 2. The number of methoxy groups -OCH3 is 1. The van der Waals surface area contributed by atoms with Gasteiger partial charge >= 0.3 is 0 Å². The van der Waals surface area contributed by atoms with Crippen molar-refractivity contribution in [1.82, 2.24) is 35.0 Å². The van der Waals surface area contributed by atoms with Gasteiger partial charge in [0.2, 0.25) is 0 Å². The van der Waals surface area contributed by atoms with E-state index in [0.29, 0.717) is 11.3 Å². The molecule has 0 bridgehead atoms. The molecule has 1 aliphatic heterocycles. The van der Waals surface area contributed by atoms with Crippen molar-refractivity contribution < 1.29 is 9.13 Å². The molecule has 0 radical (unpaired) electrons. The van der Waals surface area contributed by atoms with E-state index in [1.54, 1.807) is 18.5 Å². The first-order valence-electron chi connectivity index (χ1n) is 13.0. The summed E-state index contributed by atoms with van der Waals surface area (Å²) in [5.74, 6) is 0.0875. The Morgan fingerprint density at radius 1 is 0.872 bits per heavy atom. The molecule has 6 aromatic rings. The number of ether oxygens (including phenoxy) is 1. The first kappa shape index (κ1) is 23.5. The van der Waals surface area contributed by atoms with E-state index < -0.39 is 0 Å². The Morgan fingerprint density at radius 3 is 2.62 bits per heavy atom. The van der Waals surface area contributed by atoms with Crippen molar-refractivity contribution in [2.24, 2.45) is 0 Å². The Bertz CT molecular complexity index is 1820. The van der Waals surface area contributed by atoms with Gasteiger partial charge in [0.05, 0.1) is 41.9 Å². The van der Waals surface area contributed by atoms with Crippen LogP contribution in [-0.4, -0.2) is 55.2 Å². The highest BCUT2D eigenvalue weighted by atomic mass is 19.1. The molecule has 9 heteroatoms. The second-order valence-corrected chi connectivity index (χ2v) is 9.96. The fourth-order valence-electron chi connectivity index (χ4n) is 5.44. The van der Waals surface area contributed by atoms with Crippen LogP contribution in [0, 0.1) is 5.82 Å². The number of nitrogens with zero attached hydrogens (tertiary/aromatic N) is 5. The van der Waals surface area contributed by atoms with Gasteiger partial charge in [-0.25, -0.2) is 4.39 Å². The zero-order valence-corrected chi connectivity index (χ0v) is 21.4. The van der Waals surface area contributed by atoms with Crippen LogP contribution in [0.1, 0.15) is 18.4 Å². The largest absolute Gasteiger partial charge is 0.497 e. The van der Waals surface area contributed by atoms with E-state index in [0.717, 1.165) is 69.6 Å². The van der Waals surface area contributed by atoms with Crippen molar-refractivity contribution in [2.75, 3.05) is 20.2 Å². The van der Waals surface area contributed by atoms with E-state index in [1.807, 2.05) is 30.7 Å². The molecule has 0 amide bonds. The molecule has 194 valence electrons. The van der Waals surface area contributed by atoms with Crippen LogP contribution in [0.5, 0.6) is 5.75 Å². The standard InChI is InChI=1S/C30H26FN7O/c1-39-22-8-19(7-21(31)9-22)25-14-33-15-28-23(25)10-27(35-28)30-24-11-26(34-16-29(24)36-37-30)20-6-18(12-32-13-20)17-38-4-2-3-5-38/h6-16,35H,2-5,17H2,1H3,(H,36,37). The molecule has 1 fully saturated rings. The van der Waals surface area contributed by atoms with Crippen LogP contribution in [0.15, 0.2) is 67.4 Å². The second-order valence-electron chi connectivity index (χ2n) is 9.96. The minimum atomic E-state index is -0.366. The number of halogens is 1. The monoisotopic (exact) mass is 519 g/mol. The summed E-state index contributed by atoms with van der Waals surface area (Å²) in [5.41, 5.74) is 7.76. The zero-order valence-electron chi connectivity index (χ0n) is 21.4. The number of pyridine rings is 3. The highest BCUT2D eigenvalue weighted by molar-refractivity contribution is 6.01. The van der Waals surface area contributed by atoms with Crippen LogP contribution in [0.3, 0.4) is 0 Å². The third-order valence-corrected chi connectivity index (χ3v) is 7.36. The predicted molar refractivity (Wildman–Crippen MR) is 149 cm³/mol. The number of aromatic amines is 2. The molecule has 5 aromatic heterocycles. The van der Waals surface area contributed by atoms with Gasteiger partial charge in [0.1, 0.15) is 17.3 Å². The van der Waals surface area contributed by atoms with E-state index >= 15 is 0 Å². The van der Waals surface area contributed by atoms with Crippen molar-refractivity contribution in [3.63, 3.8) is 0 Å². The molecular weight excluding hydrogens is 493 g/mol. The van der Waals surface area contributed by atoms with Gasteiger partial charge in [-0.1, -0.05) is 0 Å². The topological polar surface area (TPSA) is 95.6 Å². The summed E-state index contributed by atoms with van der Waals surface area (Å²) in [5, 5.41) is 9.56. The van der Waals surface area contributed by atoms with Gasteiger partial charge in [-0.3, -0.25) is 25.0 Å². The molecule has 0 aliphatic carbocycles. The van der Waals surface area contributed by atoms with Crippen LogP contribution in [0.2, 0.25) is 0 Å². The van der Waals surface area contributed by atoms with Crippen LogP contribution >= 0.6 is 0 Å². The fourth-order valence-corrected chi connectivity index (χ4v) is 5.44. The van der Waals surface area contributed by atoms with Crippen LogP contribution < -0.4 is 4.74 Å². The summed E-state index contributed by atoms with van der Waals surface area (Å²) < 4.78 is 19.5. The lowest BCUT2D eigenvalue weighted by Crippen LogP contribution is -2.18. The molecule has 1 aromatic carbocycles. The summed E-state index contributed by atoms with van der Waals surface area (Å²) in [6.07, 6.45) is 11.6. The lowest BCUT2D eigenvalue weighted by atomic mass is 10.0. The van der Waals surface area contributed by atoms with E-state index in [4.69, 9.17) is 4.74 Å². The number of rotatable bonds is 6. The third-order valence-electron chi connectivity index (χ3n) is 7.36. The van der Waals surface area contributed by atoms with Crippen molar-refractivity contribution in [2.45, 2.75) is 19.4 Å². The lowest BCUT2D eigenvalue weighted by molar-refractivity contribution is 0.331. The number of H-pyrrole nitrogens is 2. The van der Waals surface area contributed by atoms with Gasteiger partial charge in [-0.15, -0.1) is 0 Å². The maximum Gasteiger partial charge on any atom is 0.127 e. The summed E-state index contributed by atoms with van der Waals surface area (Å²) in [7, 11) is 1.53. The van der Waals surface area contributed by atoms with Crippen LogP contribution in [-0.2, 0) is 6.54 Å². The average Bonchev–Trinajstić information content (AvgIpc) is 3.72. The van der Waals surface area contributed by atoms with E-state index in [-0.39, 0.29) is 5.82 Å². The van der Waals surface area contributed by atoms with E-state index in [2.05, 4.69) is 41.1 Å². The van der Waals surface area contributed by atoms with Gasteiger partial charge in [-0.2, -0.15) is 5.10 Å². The maximum absolute atomic E-state index is 14.3. The molecule has 1 aliphatic rings. The first-order valence-corrected chi connectivity index (χ1v) is 13.0. The second kappa shape index (κ2) is 9.59. The Kier molecular flexibility index (Phi) is 5.78. The third kappa shape index (κ3) is 4.40. The molecule has 8 nitrogen and oxygen atoms in total. The number of aromatic nitrogens is 6. The molecule has 0 unspecified atom stereocenters. The molecule has 1 saturated heterocycles. The molecule has 7 rings (SSSR count). The zero-order chi connectivity index (χ0) is 26.3. The molecular formula is C30H26FN7O.